The van der Waals surface area contributed by atoms with Crippen LogP contribution in [0.3, 0.4) is 0 Å². The smallest absolute Gasteiger partial charge is 0.310 e. The molecule has 1 aromatic carbocycles. The van der Waals surface area contributed by atoms with E-state index in [0.29, 0.717) is 24.5 Å². The minimum atomic E-state index is -1.32. The zero-order valence-electron chi connectivity index (χ0n) is 12.4. The zero-order chi connectivity index (χ0) is 15.1. The van der Waals surface area contributed by atoms with Crippen molar-refractivity contribution in [1.29, 1.82) is 0 Å². The molecule has 4 heteroatoms. The molecular formula is C16H24O4. The van der Waals surface area contributed by atoms with Crippen LogP contribution in [0.1, 0.15) is 44.7 Å². The van der Waals surface area contributed by atoms with Crippen LogP contribution in [0.25, 0.3) is 0 Å². The SMILES string of the molecule is CCC(=O)Oc1ccc(CC(C)C)c(CCC(O)O)c1. The molecular weight excluding hydrogens is 256 g/mol. The van der Waals surface area contributed by atoms with Crippen molar-refractivity contribution in [3.8, 4) is 5.75 Å². The molecule has 0 bridgehead atoms. The molecule has 4 nitrogen and oxygen atoms in total. The predicted molar refractivity (Wildman–Crippen MR) is 77.5 cm³/mol. The molecule has 0 fully saturated rings. The van der Waals surface area contributed by atoms with Gasteiger partial charge in [0, 0.05) is 12.8 Å². The standard InChI is InChI=1S/C16H24O4/c1-4-16(19)20-14-7-5-12(9-11(2)3)13(10-14)6-8-15(17)18/h5,7,10-11,15,17-18H,4,6,8-9H2,1-3H3. The van der Waals surface area contributed by atoms with Gasteiger partial charge in [-0.1, -0.05) is 26.8 Å². The van der Waals surface area contributed by atoms with Gasteiger partial charge in [-0.25, -0.2) is 0 Å². The molecule has 0 aliphatic rings. The van der Waals surface area contributed by atoms with Gasteiger partial charge in [-0.05, 0) is 42.0 Å². The number of aliphatic hydroxyl groups is 2. The minimum Gasteiger partial charge on any atom is -0.427 e. The maximum absolute atomic E-state index is 11.3. The van der Waals surface area contributed by atoms with Crippen LogP contribution in [0.15, 0.2) is 18.2 Å². The van der Waals surface area contributed by atoms with Crippen molar-refractivity contribution in [3.05, 3.63) is 29.3 Å². The lowest BCUT2D eigenvalue weighted by molar-refractivity contribution is -0.134. The highest BCUT2D eigenvalue weighted by atomic mass is 16.5. The lowest BCUT2D eigenvalue weighted by Gasteiger charge is -2.14. The summed E-state index contributed by atoms with van der Waals surface area (Å²) >= 11 is 0. The van der Waals surface area contributed by atoms with Crippen LogP contribution < -0.4 is 4.74 Å². The first-order valence-corrected chi connectivity index (χ1v) is 7.11. The van der Waals surface area contributed by atoms with Gasteiger partial charge in [0.2, 0.25) is 0 Å². The molecule has 0 saturated carbocycles. The van der Waals surface area contributed by atoms with Crippen molar-refractivity contribution in [2.75, 3.05) is 0 Å². The number of esters is 1. The van der Waals surface area contributed by atoms with E-state index in [0.717, 1.165) is 17.5 Å². The van der Waals surface area contributed by atoms with E-state index in [2.05, 4.69) is 13.8 Å². The molecule has 0 amide bonds. The average molecular weight is 280 g/mol. The second-order valence-electron chi connectivity index (χ2n) is 5.38. The molecule has 1 aromatic rings. The molecule has 0 saturated heterocycles. The van der Waals surface area contributed by atoms with Crippen molar-refractivity contribution in [2.45, 2.75) is 52.7 Å². The van der Waals surface area contributed by atoms with Crippen LogP contribution in [-0.2, 0) is 17.6 Å². The highest BCUT2D eigenvalue weighted by Crippen LogP contribution is 2.22. The molecule has 0 atom stereocenters. The van der Waals surface area contributed by atoms with E-state index in [1.165, 1.54) is 0 Å². The number of hydrogen-bond acceptors (Lipinski definition) is 4. The van der Waals surface area contributed by atoms with Crippen molar-refractivity contribution in [2.24, 2.45) is 5.92 Å². The van der Waals surface area contributed by atoms with Crippen LogP contribution >= 0.6 is 0 Å². The van der Waals surface area contributed by atoms with Gasteiger partial charge in [-0.3, -0.25) is 4.79 Å². The Morgan fingerprint density at radius 1 is 1.25 bits per heavy atom. The molecule has 1 rings (SSSR count). The van der Waals surface area contributed by atoms with Crippen LogP contribution in [0.5, 0.6) is 5.75 Å². The Balaban J connectivity index is 2.91. The fourth-order valence-electron chi connectivity index (χ4n) is 2.03. The number of carbonyl (C=O) groups excluding carboxylic acids is 1. The number of aryl methyl sites for hydroxylation is 1. The third-order valence-corrected chi connectivity index (χ3v) is 3.00. The van der Waals surface area contributed by atoms with E-state index >= 15 is 0 Å². The van der Waals surface area contributed by atoms with Gasteiger partial charge in [0.15, 0.2) is 6.29 Å². The van der Waals surface area contributed by atoms with Crippen molar-refractivity contribution >= 4 is 5.97 Å². The molecule has 0 aromatic heterocycles. The molecule has 0 radical (unpaired) electrons. The molecule has 0 unspecified atom stereocenters. The molecule has 112 valence electrons. The quantitative estimate of drug-likeness (QED) is 0.457. The van der Waals surface area contributed by atoms with E-state index in [1.807, 2.05) is 12.1 Å². The fraction of sp³-hybridized carbons (Fsp3) is 0.562. The van der Waals surface area contributed by atoms with Crippen LogP contribution in [0.4, 0.5) is 0 Å². The molecule has 0 heterocycles. The van der Waals surface area contributed by atoms with E-state index in [-0.39, 0.29) is 12.4 Å². The molecule has 0 aliphatic carbocycles. The normalized spacial score (nSPS) is 11.2. The van der Waals surface area contributed by atoms with Crippen LogP contribution in [-0.4, -0.2) is 22.5 Å². The summed E-state index contributed by atoms with van der Waals surface area (Å²) in [5.74, 6) is 0.762. The van der Waals surface area contributed by atoms with Gasteiger partial charge in [0.05, 0.1) is 0 Å². The highest BCUT2D eigenvalue weighted by molar-refractivity contribution is 5.72. The third-order valence-electron chi connectivity index (χ3n) is 3.00. The number of ether oxygens (including phenoxy) is 1. The van der Waals surface area contributed by atoms with Gasteiger partial charge in [0.1, 0.15) is 5.75 Å². The number of aliphatic hydroxyl groups excluding tert-OH is 1. The molecule has 20 heavy (non-hydrogen) atoms. The summed E-state index contributed by atoms with van der Waals surface area (Å²) in [4.78, 5) is 11.3. The molecule has 0 spiro atoms. The number of hydrogen-bond donors (Lipinski definition) is 2. The van der Waals surface area contributed by atoms with Gasteiger partial charge in [0.25, 0.3) is 0 Å². The predicted octanol–water partition coefficient (Wildman–Crippen LogP) is 2.44. The molecule has 2 N–H and O–H groups in total. The van der Waals surface area contributed by atoms with Gasteiger partial charge in [-0.15, -0.1) is 0 Å². The first kappa shape index (κ1) is 16.7. The Bertz CT molecular complexity index is 438. The average Bonchev–Trinajstić information content (AvgIpc) is 2.37. The van der Waals surface area contributed by atoms with Crippen molar-refractivity contribution in [3.63, 3.8) is 0 Å². The van der Waals surface area contributed by atoms with Gasteiger partial charge >= 0.3 is 5.97 Å². The topological polar surface area (TPSA) is 66.8 Å². The Labute approximate surface area is 120 Å². The highest BCUT2D eigenvalue weighted by Gasteiger charge is 2.10. The van der Waals surface area contributed by atoms with Crippen LogP contribution in [0.2, 0.25) is 0 Å². The maximum Gasteiger partial charge on any atom is 0.310 e. The Hall–Kier alpha value is -1.39. The second kappa shape index (κ2) is 8.02. The monoisotopic (exact) mass is 280 g/mol. The minimum absolute atomic E-state index is 0.269. The number of benzene rings is 1. The van der Waals surface area contributed by atoms with Crippen molar-refractivity contribution < 1.29 is 19.7 Å². The Morgan fingerprint density at radius 3 is 2.50 bits per heavy atom. The second-order valence-corrected chi connectivity index (χ2v) is 5.38. The molecule has 0 aliphatic heterocycles. The van der Waals surface area contributed by atoms with E-state index < -0.39 is 6.29 Å². The summed E-state index contributed by atoms with van der Waals surface area (Å²) in [6.45, 7) is 6.02. The summed E-state index contributed by atoms with van der Waals surface area (Å²) < 4.78 is 5.21. The Kier molecular flexibility index (Phi) is 6.68. The van der Waals surface area contributed by atoms with E-state index in [9.17, 15) is 4.79 Å². The van der Waals surface area contributed by atoms with Gasteiger partial charge in [-0.2, -0.15) is 0 Å². The summed E-state index contributed by atoms with van der Waals surface area (Å²) in [5.41, 5.74) is 2.17. The fourth-order valence-corrected chi connectivity index (χ4v) is 2.03. The third kappa shape index (κ3) is 5.72. The number of rotatable bonds is 7. The van der Waals surface area contributed by atoms with Crippen molar-refractivity contribution in [1.82, 2.24) is 0 Å². The first-order chi connectivity index (χ1) is 9.42. The first-order valence-electron chi connectivity index (χ1n) is 7.11. The zero-order valence-corrected chi connectivity index (χ0v) is 12.4. The largest absolute Gasteiger partial charge is 0.427 e. The Morgan fingerprint density at radius 2 is 1.95 bits per heavy atom. The lowest BCUT2D eigenvalue weighted by atomic mass is 9.95. The summed E-state index contributed by atoms with van der Waals surface area (Å²) in [5, 5.41) is 18.0. The number of carbonyl (C=O) groups is 1. The summed E-state index contributed by atoms with van der Waals surface area (Å²) in [6.07, 6.45) is 0.758. The summed E-state index contributed by atoms with van der Waals surface area (Å²) in [7, 11) is 0. The maximum atomic E-state index is 11.3. The van der Waals surface area contributed by atoms with Crippen LogP contribution in [0, 0.1) is 5.92 Å². The van der Waals surface area contributed by atoms with E-state index in [4.69, 9.17) is 14.9 Å². The van der Waals surface area contributed by atoms with Gasteiger partial charge < -0.3 is 14.9 Å². The van der Waals surface area contributed by atoms with E-state index in [1.54, 1.807) is 13.0 Å². The lowest BCUT2D eigenvalue weighted by Crippen LogP contribution is -2.09. The summed E-state index contributed by atoms with van der Waals surface area (Å²) in [6, 6.07) is 5.58.